The Hall–Kier alpha value is -2.21. The van der Waals surface area contributed by atoms with Crippen molar-refractivity contribution < 1.29 is 13.2 Å². The van der Waals surface area contributed by atoms with Crippen LogP contribution in [0.1, 0.15) is 24.8 Å². The van der Waals surface area contributed by atoms with Crippen molar-refractivity contribution in [2.45, 2.75) is 25.4 Å². The van der Waals surface area contributed by atoms with Gasteiger partial charge in [-0.3, -0.25) is 4.99 Å². The van der Waals surface area contributed by atoms with Gasteiger partial charge in [0.25, 0.3) is 0 Å². The zero-order chi connectivity index (χ0) is 19.4. The van der Waals surface area contributed by atoms with E-state index in [9.17, 15) is 13.2 Å². The van der Waals surface area contributed by atoms with Crippen molar-refractivity contribution in [2.24, 2.45) is 4.99 Å². The number of benzene rings is 2. The predicted octanol–water partition coefficient (Wildman–Crippen LogP) is 5.44. The van der Waals surface area contributed by atoms with E-state index in [1.807, 2.05) is 4.90 Å². The van der Waals surface area contributed by atoms with Crippen molar-refractivity contribution in [2.75, 3.05) is 30.4 Å². The van der Waals surface area contributed by atoms with Gasteiger partial charge in [-0.1, -0.05) is 11.6 Å². The molecule has 144 valence electrons. The molecule has 1 aliphatic heterocycles. The molecule has 2 aromatic rings. The van der Waals surface area contributed by atoms with Gasteiger partial charge in [0.05, 0.1) is 10.7 Å². The maximum absolute atomic E-state index is 14.4. The van der Waals surface area contributed by atoms with Crippen LogP contribution in [-0.2, 0) is 0 Å². The number of hydrogen-bond acceptors (Lipinski definition) is 2. The topological polar surface area (TPSA) is 27.6 Å². The number of nitrogens with one attached hydrogen (secondary N) is 1. The third-order valence-corrected chi connectivity index (χ3v) is 4.91. The normalized spacial score (nSPS) is 18.3. The Bertz CT molecular complexity index is 841. The largest absolute Gasteiger partial charge is 0.369 e. The fourth-order valence-electron chi connectivity index (χ4n) is 3.17. The first-order valence-electron chi connectivity index (χ1n) is 8.85. The third-order valence-electron chi connectivity index (χ3n) is 4.62. The summed E-state index contributed by atoms with van der Waals surface area (Å²) in [4.78, 5) is 6.10. The Kier molecular flexibility index (Phi) is 6.26. The zero-order valence-electron chi connectivity index (χ0n) is 15.0. The number of amidine groups is 1. The molecule has 1 atom stereocenters. The molecule has 3 nitrogen and oxygen atoms in total. The third kappa shape index (κ3) is 4.75. The summed E-state index contributed by atoms with van der Waals surface area (Å²) >= 11 is 5.82. The van der Waals surface area contributed by atoms with Gasteiger partial charge in [-0.05, 0) is 55.7 Å². The van der Waals surface area contributed by atoms with Gasteiger partial charge in [0.15, 0.2) is 0 Å². The average molecular weight is 396 g/mol. The lowest BCUT2D eigenvalue weighted by molar-refractivity contribution is 0.307. The van der Waals surface area contributed by atoms with Crippen molar-refractivity contribution in [3.63, 3.8) is 0 Å². The number of anilines is 2. The number of nitrogens with zero attached hydrogens (tertiary/aromatic N) is 2. The minimum atomic E-state index is -0.834. The predicted molar refractivity (Wildman–Crippen MR) is 105 cm³/mol. The van der Waals surface area contributed by atoms with Crippen LogP contribution in [0, 0.1) is 11.6 Å². The molecule has 0 bridgehead atoms. The number of hydrogen-bond donors (Lipinski definition) is 1. The molecule has 0 saturated carbocycles. The van der Waals surface area contributed by atoms with E-state index in [1.165, 1.54) is 18.2 Å². The quantitative estimate of drug-likeness (QED) is 0.554. The van der Waals surface area contributed by atoms with E-state index in [0.717, 1.165) is 0 Å². The standard InChI is InChI=1S/C20H21ClF3N3/c1-25-20(26-15-5-7-17(23)16(21)12-15)13-4-6-18(24)19(11-13)27-9-2-3-14(22)8-10-27/h4-7,11-12,14H,2-3,8-10H2,1H3,(H,25,26). The van der Waals surface area contributed by atoms with Gasteiger partial charge < -0.3 is 10.2 Å². The Morgan fingerprint density at radius 1 is 1.11 bits per heavy atom. The molecular formula is C20H21ClF3N3. The molecule has 1 saturated heterocycles. The highest BCUT2D eigenvalue weighted by atomic mass is 35.5. The van der Waals surface area contributed by atoms with E-state index in [2.05, 4.69) is 10.3 Å². The molecule has 0 radical (unpaired) electrons. The molecule has 27 heavy (non-hydrogen) atoms. The molecule has 0 spiro atoms. The van der Waals surface area contributed by atoms with E-state index in [1.54, 1.807) is 25.2 Å². The highest BCUT2D eigenvalue weighted by Gasteiger charge is 2.20. The number of halogens is 4. The van der Waals surface area contributed by atoms with Crippen LogP contribution >= 0.6 is 11.6 Å². The van der Waals surface area contributed by atoms with E-state index in [0.29, 0.717) is 55.1 Å². The molecule has 2 aromatic carbocycles. The van der Waals surface area contributed by atoms with Crippen LogP contribution in [-0.4, -0.2) is 32.1 Å². The van der Waals surface area contributed by atoms with Crippen LogP contribution in [0.3, 0.4) is 0 Å². The van der Waals surface area contributed by atoms with Crippen molar-refractivity contribution in [1.29, 1.82) is 0 Å². The zero-order valence-corrected chi connectivity index (χ0v) is 15.7. The van der Waals surface area contributed by atoms with Crippen LogP contribution in [0.2, 0.25) is 5.02 Å². The summed E-state index contributed by atoms with van der Waals surface area (Å²) in [6.07, 6.45) is 0.752. The van der Waals surface area contributed by atoms with Gasteiger partial charge in [-0.15, -0.1) is 0 Å². The van der Waals surface area contributed by atoms with Gasteiger partial charge in [0, 0.05) is 31.4 Å². The Morgan fingerprint density at radius 3 is 2.63 bits per heavy atom. The van der Waals surface area contributed by atoms with Crippen LogP contribution < -0.4 is 10.2 Å². The highest BCUT2D eigenvalue weighted by molar-refractivity contribution is 6.31. The van der Waals surface area contributed by atoms with Crippen molar-refractivity contribution in [1.82, 2.24) is 0 Å². The lowest BCUT2D eigenvalue weighted by Gasteiger charge is -2.24. The molecule has 0 aliphatic carbocycles. The summed E-state index contributed by atoms with van der Waals surface area (Å²) in [6, 6.07) is 8.98. The Labute approximate surface area is 161 Å². The van der Waals surface area contributed by atoms with Gasteiger partial charge in [-0.25, -0.2) is 13.2 Å². The van der Waals surface area contributed by atoms with E-state index in [4.69, 9.17) is 11.6 Å². The van der Waals surface area contributed by atoms with Crippen LogP contribution in [0.4, 0.5) is 24.5 Å². The molecule has 1 unspecified atom stereocenters. The minimum absolute atomic E-state index is 0.000548. The summed E-state index contributed by atoms with van der Waals surface area (Å²) in [7, 11) is 1.61. The fraction of sp³-hybridized carbons (Fsp3) is 0.350. The van der Waals surface area contributed by atoms with Gasteiger partial charge in [0.2, 0.25) is 0 Å². The Balaban J connectivity index is 1.85. The van der Waals surface area contributed by atoms with Crippen LogP contribution in [0.25, 0.3) is 0 Å². The molecule has 1 aliphatic rings. The molecular weight excluding hydrogens is 375 g/mol. The maximum atomic E-state index is 14.4. The molecule has 1 fully saturated rings. The number of aliphatic imine (C=N–C) groups is 1. The van der Waals surface area contributed by atoms with E-state index in [-0.39, 0.29) is 10.8 Å². The lowest BCUT2D eigenvalue weighted by Crippen LogP contribution is -2.26. The summed E-state index contributed by atoms with van der Waals surface area (Å²) in [5.41, 5.74) is 1.68. The highest BCUT2D eigenvalue weighted by Crippen LogP contribution is 2.26. The molecule has 7 heteroatoms. The molecule has 1 N–H and O–H groups in total. The van der Waals surface area contributed by atoms with Gasteiger partial charge >= 0.3 is 0 Å². The van der Waals surface area contributed by atoms with Gasteiger partial charge in [-0.2, -0.15) is 0 Å². The minimum Gasteiger partial charge on any atom is -0.369 e. The first-order valence-corrected chi connectivity index (χ1v) is 9.23. The lowest BCUT2D eigenvalue weighted by atomic mass is 10.1. The molecule has 1 heterocycles. The summed E-state index contributed by atoms with van der Waals surface area (Å²) in [6.45, 7) is 1.08. The first-order chi connectivity index (χ1) is 13.0. The summed E-state index contributed by atoms with van der Waals surface area (Å²) < 4.78 is 41.4. The van der Waals surface area contributed by atoms with Gasteiger partial charge in [0.1, 0.15) is 23.6 Å². The second kappa shape index (κ2) is 8.65. The van der Waals surface area contributed by atoms with E-state index >= 15 is 0 Å². The van der Waals surface area contributed by atoms with Crippen LogP contribution in [0.5, 0.6) is 0 Å². The number of alkyl halides is 1. The second-order valence-electron chi connectivity index (χ2n) is 6.51. The fourth-order valence-corrected chi connectivity index (χ4v) is 3.35. The van der Waals surface area contributed by atoms with Crippen LogP contribution in [0.15, 0.2) is 41.4 Å². The molecule has 0 amide bonds. The SMILES string of the molecule is CN=C(Nc1ccc(F)c(Cl)c1)c1ccc(F)c(N2CCCC(F)CC2)c1. The maximum Gasteiger partial charge on any atom is 0.146 e. The monoisotopic (exact) mass is 395 g/mol. The second-order valence-corrected chi connectivity index (χ2v) is 6.91. The molecule has 3 rings (SSSR count). The first kappa shape index (κ1) is 19.5. The van der Waals surface area contributed by atoms with E-state index < -0.39 is 12.0 Å². The average Bonchev–Trinajstić information content (AvgIpc) is 2.88. The Morgan fingerprint density at radius 2 is 1.89 bits per heavy atom. The van der Waals surface area contributed by atoms with Crippen molar-refractivity contribution in [3.8, 4) is 0 Å². The van der Waals surface area contributed by atoms with Crippen molar-refractivity contribution in [3.05, 3.63) is 58.6 Å². The van der Waals surface area contributed by atoms with Crippen molar-refractivity contribution >= 4 is 28.8 Å². The number of rotatable bonds is 3. The summed E-state index contributed by atoms with van der Waals surface area (Å²) in [5.74, 6) is -0.359. The summed E-state index contributed by atoms with van der Waals surface area (Å²) in [5, 5.41) is 3.08. The smallest absolute Gasteiger partial charge is 0.146 e. The molecule has 0 aromatic heterocycles.